The fourth-order valence-corrected chi connectivity index (χ4v) is 3.07. The largest absolute Gasteiger partial charge is 0.490 e. The summed E-state index contributed by atoms with van der Waals surface area (Å²) in [5.74, 6) is 0.297. The monoisotopic (exact) mass is 352 g/mol. The third-order valence-electron chi connectivity index (χ3n) is 4.40. The van der Waals surface area contributed by atoms with Gasteiger partial charge in [-0.15, -0.1) is 0 Å². The van der Waals surface area contributed by atoms with E-state index in [0.717, 1.165) is 6.54 Å². The highest BCUT2D eigenvalue weighted by molar-refractivity contribution is 6.00. The molecular formula is C20H20N2O4. The zero-order valence-electron chi connectivity index (χ0n) is 14.6. The summed E-state index contributed by atoms with van der Waals surface area (Å²) in [6.07, 6.45) is 2.20. The van der Waals surface area contributed by atoms with Gasteiger partial charge in [-0.2, -0.15) is 0 Å². The number of Topliss-reactive ketones (excluding diaryl/α,β-unsaturated/α-hetero) is 1. The van der Waals surface area contributed by atoms with Crippen molar-refractivity contribution in [3.8, 4) is 5.75 Å². The molecule has 6 heteroatoms. The van der Waals surface area contributed by atoms with Crippen LogP contribution in [-0.4, -0.2) is 35.8 Å². The van der Waals surface area contributed by atoms with E-state index in [1.807, 2.05) is 18.2 Å². The molecule has 0 atom stereocenters. The minimum atomic E-state index is -0.481. The molecule has 26 heavy (non-hydrogen) atoms. The maximum Gasteiger partial charge on any atom is 0.311 e. The first-order valence-electron chi connectivity index (χ1n) is 8.39. The number of hydrogen-bond donors (Lipinski definition) is 0. The summed E-state index contributed by atoms with van der Waals surface area (Å²) < 4.78 is 5.02. The van der Waals surface area contributed by atoms with Crippen molar-refractivity contribution in [2.24, 2.45) is 0 Å². The normalized spacial score (nSPS) is 16.7. The molecule has 0 radical (unpaired) electrons. The lowest BCUT2D eigenvalue weighted by Gasteiger charge is -2.27. The van der Waals surface area contributed by atoms with E-state index in [2.05, 4.69) is 17.0 Å². The Labute approximate surface area is 151 Å². The highest BCUT2D eigenvalue weighted by Crippen LogP contribution is 2.29. The van der Waals surface area contributed by atoms with Crippen molar-refractivity contribution in [1.82, 2.24) is 4.90 Å². The van der Waals surface area contributed by atoms with Gasteiger partial charge in [-0.25, -0.2) is 0 Å². The fourth-order valence-electron chi connectivity index (χ4n) is 3.07. The maximum absolute atomic E-state index is 12.3. The van der Waals surface area contributed by atoms with Gasteiger partial charge < -0.3 is 4.74 Å². The number of nitrogens with zero attached hydrogens (tertiary/aromatic N) is 2. The summed E-state index contributed by atoms with van der Waals surface area (Å²) in [4.78, 5) is 25.2. The van der Waals surface area contributed by atoms with Crippen molar-refractivity contribution >= 4 is 17.5 Å². The van der Waals surface area contributed by atoms with E-state index >= 15 is 0 Å². The Morgan fingerprint density at radius 2 is 2.00 bits per heavy atom. The lowest BCUT2D eigenvalue weighted by atomic mass is 9.99. The molecule has 0 N–H and O–H groups in total. The van der Waals surface area contributed by atoms with Crippen LogP contribution in [0.3, 0.4) is 0 Å². The van der Waals surface area contributed by atoms with Crippen LogP contribution in [0.25, 0.3) is 6.08 Å². The van der Waals surface area contributed by atoms with Crippen molar-refractivity contribution in [1.29, 1.82) is 0 Å². The van der Waals surface area contributed by atoms with Gasteiger partial charge in [-0.3, -0.25) is 19.8 Å². The van der Waals surface area contributed by atoms with Crippen LogP contribution in [0.1, 0.15) is 17.5 Å². The van der Waals surface area contributed by atoms with Crippen LogP contribution in [-0.2, 0) is 11.3 Å². The van der Waals surface area contributed by atoms with Gasteiger partial charge in [0.05, 0.1) is 12.0 Å². The minimum absolute atomic E-state index is 0.0905. The second-order valence-electron chi connectivity index (χ2n) is 6.23. The lowest BCUT2D eigenvalue weighted by Crippen LogP contribution is -2.35. The molecule has 1 aliphatic rings. The molecule has 1 heterocycles. The van der Waals surface area contributed by atoms with Gasteiger partial charge >= 0.3 is 5.69 Å². The van der Waals surface area contributed by atoms with Crippen LogP contribution < -0.4 is 4.74 Å². The average Bonchev–Trinajstić information content (AvgIpc) is 2.65. The van der Waals surface area contributed by atoms with Gasteiger partial charge in [0, 0.05) is 37.7 Å². The van der Waals surface area contributed by atoms with E-state index in [1.54, 1.807) is 18.2 Å². The molecule has 0 unspecified atom stereocenters. The minimum Gasteiger partial charge on any atom is -0.490 e. The number of benzene rings is 2. The molecule has 0 saturated carbocycles. The summed E-state index contributed by atoms with van der Waals surface area (Å²) in [7, 11) is 1.40. The first kappa shape index (κ1) is 17.8. The number of piperidine rings is 1. The molecule has 2 aromatic carbocycles. The molecule has 1 aliphatic heterocycles. The maximum atomic E-state index is 12.3. The van der Waals surface area contributed by atoms with Crippen LogP contribution in [0.5, 0.6) is 5.75 Å². The van der Waals surface area contributed by atoms with Crippen molar-refractivity contribution < 1.29 is 14.5 Å². The molecule has 1 saturated heterocycles. The summed E-state index contributed by atoms with van der Waals surface area (Å²) in [6.45, 7) is 2.02. The lowest BCUT2D eigenvalue weighted by molar-refractivity contribution is -0.385. The molecule has 6 nitrogen and oxygen atoms in total. The quantitative estimate of drug-likeness (QED) is 0.468. The van der Waals surface area contributed by atoms with Gasteiger partial charge in [0.25, 0.3) is 0 Å². The summed E-state index contributed by atoms with van der Waals surface area (Å²) in [5, 5.41) is 11.2. The van der Waals surface area contributed by atoms with E-state index in [9.17, 15) is 14.9 Å². The Hall–Kier alpha value is -2.99. The van der Waals surface area contributed by atoms with Gasteiger partial charge in [0.2, 0.25) is 0 Å². The molecule has 0 aromatic heterocycles. The number of ketones is 1. The molecule has 0 amide bonds. The molecule has 134 valence electrons. The predicted molar refractivity (Wildman–Crippen MR) is 99.0 cm³/mol. The second-order valence-corrected chi connectivity index (χ2v) is 6.23. The van der Waals surface area contributed by atoms with Crippen LogP contribution in [0, 0.1) is 10.1 Å². The van der Waals surface area contributed by atoms with Crippen molar-refractivity contribution in [2.45, 2.75) is 13.0 Å². The van der Waals surface area contributed by atoms with E-state index in [-0.39, 0.29) is 17.2 Å². The fraction of sp³-hybridized carbons (Fsp3) is 0.250. The average molecular weight is 352 g/mol. The number of likely N-dealkylation sites (tertiary alicyclic amines) is 1. The molecule has 2 aromatic rings. The third-order valence-corrected chi connectivity index (χ3v) is 4.40. The highest BCUT2D eigenvalue weighted by Gasteiger charge is 2.22. The molecule has 1 fully saturated rings. The molecule has 0 bridgehead atoms. The first-order valence-corrected chi connectivity index (χ1v) is 8.39. The molecule has 0 aliphatic carbocycles. The summed E-state index contributed by atoms with van der Waals surface area (Å²) >= 11 is 0. The standard InChI is InChI=1S/C20H20N2O4/c1-26-20-8-7-16(12-18(20)22(24)25)11-17-14-21(10-9-19(17)23)13-15-5-3-2-4-6-15/h2-8,11-12H,9-10,13-14H2,1H3/b17-11+. The number of nitro groups is 1. The Balaban J connectivity index is 1.81. The number of methoxy groups -OCH3 is 1. The van der Waals surface area contributed by atoms with Gasteiger partial charge in [-0.05, 0) is 23.3 Å². The Morgan fingerprint density at radius 1 is 1.23 bits per heavy atom. The zero-order chi connectivity index (χ0) is 18.5. The number of ether oxygens (including phenoxy) is 1. The smallest absolute Gasteiger partial charge is 0.311 e. The van der Waals surface area contributed by atoms with Crippen LogP contribution in [0.4, 0.5) is 5.69 Å². The van der Waals surface area contributed by atoms with E-state index < -0.39 is 4.92 Å². The van der Waals surface area contributed by atoms with Gasteiger partial charge in [-0.1, -0.05) is 36.4 Å². The number of hydrogen-bond acceptors (Lipinski definition) is 5. The third kappa shape index (κ3) is 4.15. The number of carbonyl (C=O) groups excluding carboxylic acids is 1. The van der Waals surface area contributed by atoms with E-state index in [4.69, 9.17) is 4.74 Å². The Kier molecular flexibility index (Phi) is 5.43. The zero-order valence-corrected chi connectivity index (χ0v) is 14.6. The SMILES string of the molecule is COc1ccc(/C=C2\CN(Cc3ccccc3)CCC2=O)cc1[N+](=O)[O-]. The van der Waals surface area contributed by atoms with E-state index in [0.29, 0.717) is 30.6 Å². The summed E-state index contributed by atoms with van der Waals surface area (Å²) in [6, 6.07) is 14.8. The number of nitro benzene ring substituents is 1. The molecule has 3 rings (SSSR count). The molecule has 0 spiro atoms. The predicted octanol–water partition coefficient (Wildman–Crippen LogP) is 3.46. The van der Waals surface area contributed by atoms with Crippen molar-refractivity contribution in [3.63, 3.8) is 0 Å². The summed E-state index contributed by atoms with van der Waals surface area (Å²) in [5.41, 5.74) is 2.39. The first-order chi connectivity index (χ1) is 12.6. The van der Waals surface area contributed by atoms with Crippen LogP contribution in [0.15, 0.2) is 54.1 Å². The highest BCUT2D eigenvalue weighted by atomic mass is 16.6. The van der Waals surface area contributed by atoms with Crippen molar-refractivity contribution in [3.05, 3.63) is 75.3 Å². The number of carbonyl (C=O) groups is 1. The topological polar surface area (TPSA) is 72.7 Å². The molecular weight excluding hydrogens is 332 g/mol. The van der Waals surface area contributed by atoms with E-state index in [1.165, 1.54) is 18.7 Å². The number of rotatable bonds is 5. The van der Waals surface area contributed by atoms with Crippen LogP contribution in [0.2, 0.25) is 0 Å². The van der Waals surface area contributed by atoms with Crippen molar-refractivity contribution in [2.75, 3.05) is 20.2 Å². The van der Waals surface area contributed by atoms with Gasteiger partial charge in [0.15, 0.2) is 11.5 Å². The Bertz CT molecular complexity index is 846. The van der Waals surface area contributed by atoms with Gasteiger partial charge in [0.1, 0.15) is 0 Å². The Morgan fingerprint density at radius 3 is 2.69 bits per heavy atom. The van der Waals surface area contributed by atoms with Crippen LogP contribution >= 0.6 is 0 Å². The second kappa shape index (κ2) is 7.93.